The van der Waals surface area contributed by atoms with E-state index in [2.05, 4.69) is 32.5 Å². The maximum Gasteiger partial charge on any atom is 0.191 e. The summed E-state index contributed by atoms with van der Waals surface area (Å²) in [5.74, 6) is -0.472. The number of nitrogens with zero attached hydrogens (tertiary/aromatic N) is 5. The molecule has 0 spiro atoms. The molecule has 0 aliphatic heterocycles. The molecule has 2 aromatic heterocycles. The van der Waals surface area contributed by atoms with Crippen molar-refractivity contribution >= 4 is 28.7 Å². The van der Waals surface area contributed by atoms with Gasteiger partial charge in [0.15, 0.2) is 33.8 Å². The Labute approximate surface area is 210 Å². The predicted molar refractivity (Wildman–Crippen MR) is 128 cm³/mol. The summed E-state index contributed by atoms with van der Waals surface area (Å²) in [6.07, 6.45) is -1.04. The number of nitrogens with one attached hydrogen (secondary N) is 1. The molecular formula is C23H28F2N6O4S. The minimum Gasteiger partial charge on any atom is -0.394 e. The van der Waals surface area contributed by atoms with Gasteiger partial charge in [0.25, 0.3) is 0 Å². The molecule has 2 unspecified atom stereocenters. The van der Waals surface area contributed by atoms with Gasteiger partial charge in [0.05, 0.1) is 25.4 Å². The highest BCUT2D eigenvalue weighted by Gasteiger charge is 2.45. The third-order valence-electron chi connectivity index (χ3n) is 6.56. The van der Waals surface area contributed by atoms with Crippen LogP contribution in [0.15, 0.2) is 23.4 Å². The molecule has 0 saturated heterocycles. The molecule has 3 aromatic rings. The standard InChI is InChI=1S/C23H28F2N6O4S/c1-2-7-36-23-27-21(26-15-9-12(15)11-3-4-13(24)14(25)8-11)18-22(28-23)31(30-29-18)16-10-17(35-6-5-32)20(34)19(16)33/h3-4,8,12,15-17,19-20,32-34H,2,5-7,9-10H2,1H3,(H,26,27,28)/t12-,15+,16?,17?,19-,20+/m0/s1. The molecule has 2 aliphatic carbocycles. The van der Waals surface area contributed by atoms with Crippen molar-refractivity contribution < 1.29 is 28.8 Å². The fourth-order valence-corrected chi connectivity index (χ4v) is 5.31. The first-order chi connectivity index (χ1) is 17.4. The summed E-state index contributed by atoms with van der Waals surface area (Å²) in [6.45, 7) is 1.91. The number of benzene rings is 1. The molecule has 5 rings (SSSR count). The molecule has 4 N–H and O–H groups in total. The van der Waals surface area contributed by atoms with Gasteiger partial charge in [-0.15, -0.1) is 5.10 Å². The zero-order valence-electron chi connectivity index (χ0n) is 19.6. The Morgan fingerprint density at radius 2 is 2.00 bits per heavy atom. The van der Waals surface area contributed by atoms with Gasteiger partial charge in [0.2, 0.25) is 0 Å². The average molecular weight is 523 g/mol. The lowest BCUT2D eigenvalue weighted by molar-refractivity contribution is -0.0629. The Morgan fingerprint density at radius 3 is 2.75 bits per heavy atom. The molecule has 2 fully saturated rings. The largest absolute Gasteiger partial charge is 0.394 e. The lowest BCUT2D eigenvalue weighted by Crippen LogP contribution is -2.33. The minimum atomic E-state index is -1.15. The van der Waals surface area contributed by atoms with Gasteiger partial charge in [0.1, 0.15) is 12.2 Å². The molecule has 2 aliphatic rings. The van der Waals surface area contributed by atoms with Crippen LogP contribution in [0, 0.1) is 11.6 Å². The number of halogens is 2. The zero-order chi connectivity index (χ0) is 25.4. The van der Waals surface area contributed by atoms with E-state index in [-0.39, 0.29) is 31.6 Å². The second-order valence-electron chi connectivity index (χ2n) is 9.09. The summed E-state index contributed by atoms with van der Waals surface area (Å²) >= 11 is 1.48. The topological polar surface area (TPSA) is 138 Å². The second-order valence-corrected chi connectivity index (χ2v) is 10.2. The van der Waals surface area contributed by atoms with Gasteiger partial charge in [-0.1, -0.05) is 30.0 Å². The number of aliphatic hydroxyl groups excluding tert-OH is 3. The highest BCUT2D eigenvalue weighted by Crippen LogP contribution is 2.44. The number of anilines is 1. The molecule has 0 amide bonds. The van der Waals surface area contributed by atoms with E-state index in [0.717, 1.165) is 24.7 Å². The second kappa shape index (κ2) is 10.5. The SMILES string of the molecule is CCCSc1nc(N[C@@H]2C[C@H]2c2ccc(F)c(F)c2)c2nnn(C3CC(OCCO)[C@@H](O)[C@H]3O)c2n1. The quantitative estimate of drug-likeness (QED) is 0.231. The van der Waals surface area contributed by atoms with Crippen LogP contribution in [0.25, 0.3) is 11.2 Å². The summed E-state index contributed by atoms with van der Waals surface area (Å²) in [5.41, 5.74) is 1.53. The number of ether oxygens (including phenoxy) is 1. The maximum atomic E-state index is 13.7. The van der Waals surface area contributed by atoms with Crippen molar-refractivity contribution in [3.8, 4) is 0 Å². The van der Waals surface area contributed by atoms with E-state index in [0.29, 0.717) is 27.7 Å². The van der Waals surface area contributed by atoms with Crippen LogP contribution >= 0.6 is 11.8 Å². The summed E-state index contributed by atoms with van der Waals surface area (Å²) in [7, 11) is 0. The van der Waals surface area contributed by atoms with Crippen molar-refractivity contribution in [1.29, 1.82) is 0 Å². The molecule has 1 aromatic carbocycles. The van der Waals surface area contributed by atoms with Gasteiger partial charge in [-0.2, -0.15) is 0 Å². The van der Waals surface area contributed by atoms with Gasteiger partial charge >= 0.3 is 0 Å². The van der Waals surface area contributed by atoms with Crippen molar-refractivity contribution in [3.63, 3.8) is 0 Å². The van der Waals surface area contributed by atoms with Gasteiger partial charge in [-0.3, -0.25) is 0 Å². The lowest BCUT2D eigenvalue weighted by Gasteiger charge is -2.17. The van der Waals surface area contributed by atoms with E-state index in [1.807, 2.05) is 0 Å². The fraction of sp³-hybridized carbons (Fsp3) is 0.565. The van der Waals surface area contributed by atoms with Crippen molar-refractivity contribution in [2.75, 3.05) is 24.3 Å². The predicted octanol–water partition coefficient (Wildman–Crippen LogP) is 2.01. The Bertz CT molecular complexity index is 1230. The monoisotopic (exact) mass is 522 g/mol. The van der Waals surface area contributed by atoms with Crippen LogP contribution in [0.4, 0.5) is 14.6 Å². The van der Waals surface area contributed by atoms with Crippen LogP contribution in [0.5, 0.6) is 0 Å². The van der Waals surface area contributed by atoms with Crippen LogP contribution < -0.4 is 5.32 Å². The molecule has 10 nitrogen and oxygen atoms in total. The normalized spacial score (nSPS) is 27.6. The first-order valence-corrected chi connectivity index (χ1v) is 13.0. The summed E-state index contributed by atoms with van der Waals surface area (Å²) in [5, 5.41) is 42.5. The number of aromatic nitrogens is 5. The van der Waals surface area contributed by atoms with Gasteiger partial charge in [0, 0.05) is 24.1 Å². The first kappa shape index (κ1) is 25.2. The molecule has 13 heteroatoms. The first-order valence-electron chi connectivity index (χ1n) is 12.0. The van der Waals surface area contributed by atoms with Gasteiger partial charge in [-0.05, 0) is 30.5 Å². The van der Waals surface area contributed by atoms with E-state index in [9.17, 15) is 19.0 Å². The molecule has 36 heavy (non-hydrogen) atoms. The van der Waals surface area contributed by atoms with Crippen LogP contribution in [0.3, 0.4) is 0 Å². The Hall–Kier alpha value is -2.45. The Balaban J connectivity index is 1.43. The number of aliphatic hydroxyl groups is 3. The molecule has 0 bridgehead atoms. The summed E-state index contributed by atoms with van der Waals surface area (Å²) in [6, 6.07) is 3.26. The van der Waals surface area contributed by atoms with Crippen LogP contribution in [0.1, 0.15) is 43.7 Å². The molecule has 2 saturated carbocycles. The molecule has 2 heterocycles. The Morgan fingerprint density at radius 1 is 1.17 bits per heavy atom. The number of hydrogen-bond donors (Lipinski definition) is 4. The van der Waals surface area contributed by atoms with E-state index in [4.69, 9.17) is 9.84 Å². The van der Waals surface area contributed by atoms with Crippen LogP contribution in [0.2, 0.25) is 0 Å². The third-order valence-corrected chi connectivity index (χ3v) is 7.61. The number of thioether (sulfide) groups is 1. The van der Waals surface area contributed by atoms with E-state index < -0.39 is 36.0 Å². The Kier molecular flexibility index (Phi) is 7.35. The summed E-state index contributed by atoms with van der Waals surface area (Å²) < 4.78 is 34.0. The third kappa shape index (κ3) is 4.90. The fourth-order valence-electron chi connectivity index (χ4n) is 4.61. The molecule has 0 radical (unpaired) electrons. The molecular weight excluding hydrogens is 494 g/mol. The van der Waals surface area contributed by atoms with E-state index in [1.165, 1.54) is 22.5 Å². The van der Waals surface area contributed by atoms with Crippen molar-refractivity contribution in [3.05, 3.63) is 35.4 Å². The van der Waals surface area contributed by atoms with Gasteiger partial charge < -0.3 is 25.4 Å². The number of hydrogen-bond acceptors (Lipinski definition) is 10. The summed E-state index contributed by atoms with van der Waals surface area (Å²) in [4.78, 5) is 9.27. The maximum absolute atomic E-state index is 13.7. The zero-order valence-corrected chi connectivity index (χ0v) is 20.4. The number of fused-ring (bicyclic) bond motifs is 1. The molecule has 194 valence electrons. The van der Waals surface area contributed by atoms with Crippen molar-refractivity contribution in [1.82, 2.24) is 25.0 Å². The van der Waals surface area contributed by atoms with Crippen molar-refractivity contribution in [2.24, 2.45) is 0 Å². The molecule has 6 atom stereocenters. The van der Waals surface area contributed by atoms with Crippen LogP contribution in [-0.2, 0) is 4.74 Å². The lowest BCUT2D eigenvalue weighted by atomic mass is 10.1. The van der Waals surface area contributed by atoms with Gasteiger partial charge in [-0.25, -0.2) is 23.4 Å². The highest BCUT2D eigenvalue weighted by molar-refractivity contribution is 7.99. The van der Waals surface area contributed by atoms with E-state index >= 15 is 0 Å². The van der Waals surface area contributed by atoms with Crippen LogP contribution in [-0.4, -0.2) is 83.6 Å². The number of rotatable bonds is 10. The minimum absolute atomic E-state index is 0.00291. The average Bonchev–Trinajstić information content (AvgIpc) is 3.41. The highest BCUT2D eigenvalue weighted by atomic mass is 32.2. The van der Waals surface area contributed by atoms with E-state index in [1.54, 1.807) is 6.07 Å². The smallest absolute Gasteiger partial charge is 0.191 e. The van der Waals surface area contributed by atoms with Crippen molar-refractivity contribution in [2.45, 2.75) is 67.7 Å².